The lowest BCUT2D eigenvalue weighted by Gasteiger charge is -2.11. The maximum absolute atomic E-state index is 13.0. The zero-order chi connectivity index (χ0) is 19.1. The fourth-order valence-corrected chi connectivity index (χ4v) is 3.14. The number of aromatic nitrogens is 4. The number of hydrogen-bond donors (Lipinski definition) is 2. The van der Waals surface area contributed by atoms with E-state index >= 15 is 0 Å². The SMILES string of the molecule is Cc1cccn2c(=O)c3cc(C(N)=O)c(N)[n+](Cc4cccnc4)c3nc12. The Morgan fingerprint density at radius 2 is 2.11 bits per heavy atom. The Labute approximate surface area is 153 Å². The van der Waals surface area contributed by atoms with Crippen LogP contribution in [0.25, 0.3) is 16.7 Å². The first-order valence-corrected chi connectivity index (χ1v) is 8.30. The Balaban J connectivity index is 2.14. The number of pyridine rings is 3. The van der Waals surface area contributed by atoms with E-state index in [-0.39, 0.29) is 22.3 Å². The van der Waals surface area contributed by atoms with Crippen LogP contribution < -0.4 is 21.6 Å². The summed E-state index contributed by atoms with van der Waals surface area (Å²) in [4.78, 5) is 33.7. The van der Waals surface area contributed by atoms with Crippen molar-refractivity contribution in [2.75, 3.05) is 5.73 Å². The van der Waals surface area contributed by atoms with Gasteiger partial charge in [-0.2, -0.15) is 0 Å². The first kappa shape index (κ1) is 16.6. The van der Waals surface area contributed by atoms with Gasteiger partial charge in [-0.15, -0.1) is 0 Å². The highest BCUT2D eigenvalue weighted by Gasteiger charge is 2.23. The lowest BCUT2D eigenvalue weighted by atomic mass is 10.1. The molecule has 4 N–H and O–H groups in total. The van der Waals surface area contributed by atoms with Gasteiger partial charge in [-0.3, -0.25) is 19.0 Å². The summed E-state index contributed by atoms with van der Waals surface area (Å²) in [6.45, 7) is 2.17. The molecule has 4 heterocycles. The normalized spacial score (nSPS) is 11.1. The van der Waals surface area contributed by atoms with Gasteiger partial charge in [0.05, 0.1) is 6.54 Å². The average Bonchev–Trinajstić information content (AvgIpc) is 2.66. The van der Waals surface area contributed by atoms with Gasteiger partial charge < -0.3 is 11.5 Å². The molecule has 0 spiro atoms. The van der Waals surface area contributed by atoms with Crippen LogP contribution in [0.2, 0.25) is 0 Å². The van der Waals surface area contributed by atoms with Gasteiger partial charge in [0.1, 0.15) is 10.9 Å². The number of primary amides is 1. The average molecular weight is 361 g/mol. The molecule has 0 aliphatic heterocycles. The third-order valence-electron chi connectivity index (χ3n) is 4.50. The first-order valence-electron chi connectivity index (χ1n) is 8.30. The van der Waals surface area contributed by atoms with E-state index in [1.54, 1.807) is 35.3 Å². The molecule has 4 aromatic heterocycles. The molecule has 0 bridgehead atoms. The fourth-order valence-electron chi connectivity index (χ4n) is 3.14. The minimum absolute atomic E-state index is 0.0814. The van der Waals surface area contributed by atoms with Crippen molar-refractivity contribution < 1.29 is 9.36 Å². The Morgan fingerprint density at radius 1 is 1.30 bits per heavy atom. The van der Waals surface area contributed by atoms with E-state index < -0.39 is 5.91 Å². The molecule has 0 fully saturated rings. The number of carbonyl (C=O) groups is 1. The number of rotatable bonds is 3. The summed E-state index contributed by atoms with van der Waals surface area (Å²) in [6.07, 6.45) is 4.99. The highest BCUT2D eigenvalue weighted by Crippen LogP contribution is 2.16. The van der Waals surface area contributed by atoms with Crippen molar-refractivity contribution in [2.45, 2.75) is 13.5 Å². The summed E-state index contributed by atoms with van der Waals surface area (Å²) >= 11 is 0. The number of amides is 1. The Hall–Kier alpha value is -3.81. The second-order valence-corrected chi connectivity index (χ2v) is 6.29. The second kappa shape index (κ2) is 6.17. The van der Waals surface area contributed by atoms with Crippen LogP contribution in [0, 0.1) is 6.92 Å². The number of nitrogens with zero attached hydrogens (tertiary/aromatic N) is 4. The Kier molecular flexibility index (Phi) is 3.80. The number of hydrogen-bond acceptors (Lipinski definition) is 5. The quantitative estimate of drug-likeness (QED) is 0.408. The van der Waals surface area contributed by atoms with Gasteiger partial charge in [-0.1, -0.05) is 17.1 Å². The zero-order valence-corrected chi connectivity index (χ0v) is 14.6. The molecule has 0 unspecified atom stereocenters. The van der Waals surface area contributed by atoms with Crippen molar-refractivity contribution in [2.24, 2.45) is 5.73 Å². The smallest absolute Gasteiger partial charge is 0.278 e. The van der Waals surface area contributed by atoms with Gasteiger partial charge in [0, 0.05) is 29.7 Å². The highest BCUT2D eigenvalue weighted by atomic mass is 16.1. The first-order chi connectivity index (χ1) is 13.0. The number of nitrogen functional groups attached to an aromatic ring is 1. The summed E-state index contributed by atoms with van der Waals surface area (Å²) in [5.41, 5.74) is 14.1. The molecule has 0 radical (unpaired) electrons. The molecule has 0 aromatic carbocycles. The van der Waals surface area contributed by atoms with Crippen LogP contribution in [0.5, 0.6) is 0 Å². The summed E-state index contributed by atoms with van der Waals surface area (Å²) in [6, 6.07) is 8.74. The molecule has 4 aromatic rings. The Morgan fingerprint density at radius 3 is 2.81 bits per heavy atom. The van der Waals surface area contributed by atoms with Gasteiger partial charge in [0.2, 0.25) is 11.5 Å². The third-order valence-corrected chi connectivity index (χ3v) is 4.50. The van der Waals surface area contributed by atoms with Crippen LogP contribution in [0.1, 0.15) is 21.5 Å². The van der Waals surface area contributed by atoms with E-state index in [9.17, 15) is 9.59 Å². The molecular formula is C19H17N6O2+. The molecule has 8 heteroatoms. The molecule has 8 nitrogen and oxygen atoms in total. The van der Waals surface area contributed by atoms with Crippen LogP contribution in [-0.2, 0) is 6.54 Å². The molecule has 0 atom stereocenters. The van der Waals surface area contributed by atoms with Crippen molar-refractivity contribution in [3.05, 3.63) is 76.0 Å². The molecular weight excluding hydrogens is 344 g/mol. The summed E-state index contributed by atoms with van der Waals surface area (Å²) in [7, 11) is 0. The number of fused-ring (bicyclic) bond motifs is 2. The standard InChI is InChI=1S/C19H16N6O2/c1-11-4-3-7-24-17(11)23-18-14(19(24)27)8-13(16(21)26)15(20)25(18)10-12-5-2-6-22-9-12/h2-9,20H,10H2,1H3,(H2,21,26)/p+1. The largest absolute Gasteiger partial charge is 0.365 e. The number of anilines is 1. The fraction of sp³-hybridized carbons (Fsp3) is 0.105. The minimum atomic E-state index is -0.705. The molecule has 4 rings (SSSR count). The summed E-state index contributed by atoms with van der Waals surface area (Å²) in [5, 5.41) is 0.269. The van der Waals surface area contributed by atoms with Crippen molar-refractivity contribution in [3.8, 4) is 0 Å². The van der Waals surface area contributed by atoms with Gasteiger partial charge in [0.25, 0.3) is 17.1 Å². The minimum Gasteiger partial charge on any atom is -0.365 e. The van der Waals surface area contributed by atoms with Crippen molar-refractivity contribution >= 4 is 28.4 Å². The van der Waals surface area contributed by atoms with Gasteiger partial charge >= 0.3 is 0 Å². The van der Waals surface area contributed by atoms with E-state index in [2.05, 4.69) is 9.97 Å². The van der Waals surface area contributed by atoms with E-state index in [0.29, 0.717) is 17.8 Å². The number of carbonyl (C=O) groups excluding carboxylic acids is 1. The third kappa shape index (κ3) is 2.67. The lowest BCUT2D eigenvalue weighted by molar-refractivity contribution is -0.649. The van der Waals surface area contributed by atoms with Crippen LogP contribution in [0.3, 0.4) is 0 Å². The topological polar surface area (TPSA) is 120 Å². The van der Waals surface area contributed by atoms with Gasteiger partial charge in [0.15, 0.2) is 0 Å². The number of nitrogens with two attached hydrogens (primary N) is 2. The van der Waals surface area contributed by atoms with E-state index in [4.69, 9.17) is 11.5 Å². The molecule has 0 saturated heterocycles. The monoisotopic (exact) mass is 361 g/mol. The molecule has 1 amide bonds. The Bertz CT molecular complexity index is 1260. The summed E-state index contributed by atoms with van der Waals surface area (Å²) in [5.74, 6) is -0.549. The molecule has 0 aliphatic rings. The van der Waals surface area contributed by atoms with Crippen molar-refractivity contribution in [3.63, 3.8) is 0 Å². The summed E-state index contributed by atoms with van der Waals surface area (Å²) < 4.78 is 3.08. The van der Waals surface area contributed by atoms with E-state index in [1.807, 2.05) is 19.1 Å². The van der Waals surface area contributed by atoms with Gasteiger partial charge in [-0.25, -0.2) is 4.57 Å². The maximum atomic E-state index is 13.0. The van der Waals surface area contributed by atoms with Crippen molar-refractivity contribution in [1.82, 2.24) is 14.4 Å². The second-order valence-electron chi connectivity index (χ2n) is 6.29. The predicted octanol–water partition coefficient (Wildman–Crippen LogP) is 0.568. The molecule has 134 valence electrons. The van der Waals surface area contributed by atoms with E-state index in [1.165, 1.54) is 10.5 Å². The number of aryl methyl sites for hydroxylation is 1. The lowest BCUT2D eigenvalue weighted by Crippen LogP contribution is -2.42. The molecule has 0 aliphatic carbocycles. The van der Waals surface area contributed by atoms with Gasteiger partial charge in [-0.05, 0) is 25.1 Å². The van der Waals surface area contributed by atoms with Crippen LogP contribution >= 0.6 is 0 Å². The van der Waals surface area contributed by atoms with Crippen LogP contribution in [0.4, 0.5) is 5.82 Å². The van der Waals surface area contributed by atoms with Crippen LogP contribution in [0.15, 0.2) is 53.7 Å². The van der Waals surface area contributed by atoms with E-state index in [0.717, 1.165) is 11.1 Å². The molecule has 0 saturated carbocycles. The predicted molar refractivity (Wildman–Crippen MR) is 100 cm³/mol. The van der Waals surface area contributed by atoms with Crippen molar-refractivity contribution in [1.29, 1.82) is 0 Å². The maximum Gasteiger partial charge on any atom is 0.278 e. The highest BCUT2D eigenvalue weighted by molar-refractivity contribution is 5.99. The van der Waals surface area contributed by atoms with Crippen LogP contribution in [-0.4, -0.2) is 20.3 Å². The zero-order valence-electron chi connectivity index (χ0n) is 14.6. The molecule has 27 heavy (non-hydrogen) atoms.